The van der Waals surface area contributed by atoms with Crippen molar-refractivity contribution in [1.29, 1.82) is 5.41 Å². The van der Waals surface area contributed by atoms with Crippen LogP contribution in [0.5, 0.6) is 0 Å². The molecule has 0 saturated carbocycles. The number of hydrogen-bond acceptors (Lipinski definition) is 4. The summed E-state index contributed by atoms with van der Waals surface area (Å²) in [4.78, 5) is 17.4. The molecule has 2 aromatic rings. The zero-order valence-corrected chi connectivity index (χ0v) is 14.7. The van der Waals surface area contributed by atoms with Gasteiger partial charge in [-0.25, -0.2) is 4.79 Å². The van der Waals surface area contributed by atoms with Crippen molar-refractivity contribution in [2.75, 3.05) is 26.3 Å². The summed E-state index contributed by atoms with van der Waals surface area (Å²) in [7, 11) is 0. The molecule has 2 amide bonds. The fraction of sp³-hybridized carbons (Fsp3) is 0.316. The number of carbonyl (C=O) groups excluding carboxylic acids is 1. The fourth-order valence-corrected chi connectivity index (χ4v) is 2.38. The van der Waals surface area contributed by atoms with Crippen LogP contribution in [0, 0.1) is 5.41 Å². The smallest absolute Gasteiger partial charge is 0.324 e. The number of hydrogen-bond donors (Lipinski definition) is 3. The predicted octanol–water partition coefficient (Wildman–Crippen LogP) is 1.79. The molecule has 0 aliphatic rings. The summed E-state index contributed by atoms with van der Waals surface area (Å²) >= 11 is 0. The van der Waals surface area contributed by atoms with Crippen molar-refractivity contribution < 1.29 is 9.53 Å². The second-order valence-electron chi connectivity index (χ2n) is 5.72. The van der Waals surface area contributed by atoms with Crippen LogP contribution in [0.4, 0.5) is 4.79 Å². The molecule has 0 radical (unpaired) electrons. The SMILES string of the molecule is N=C(N)N(CCc1ccncc1)C(=O)NCCOCCc1ccccc1. The third-order valence-corrected chi connectivity index (χ3v) is 3.81. The second-order valence-corrected chi connectivity index (χ2v) is 5.72. The summed E-state index contributed by atoms with van der Waals surface area (Å²) in [5.74, 6) is -0.276. The molecule has 0 aliphatic heterocycles. The Morgan fingerprint density at radius 1 is 1.08 bits per heavy atom. The van der Waals surface area contributed by atoms with Gasteiger partial charge < -0.3 is 15.8 Å². The predicted molar refractivity (Wildman–Crippen MR) is 101 cm³/mol. The van der Waals surface area contributed by atoms with Crippen molar-refractivity contribution in [3.8, 4) is 0 Å². The summed E-state index contributed by atoms with van der Waals surface area (Å²) in [6, 6.07) is 13.4. The van der Waals surface area contributed by atoms with E-state index in [0.29, 0.717) is 32.7 Å². The zero-order valence-electron chi connectivity index (χ0n) is 14.7. The third-order valence-electron chi connectivity index (χ3n) is 3.81. The van der Waals surface area contributed by atoms with E-state index in [9.17, 15) is 4.79 Å². The molecule has 0 bridgehead atoms. The maximum atomic E-state index is 12.2. The average molecular weight is 355 g/mol. The minimum absolute atomic E-state index is 0.276. The lowest BCUT2D eigenvalue weighted by Gasteiger charge is -2.21. The number of nitrogens with zero attached hydrogens (tertiary/aromatic N) is 2. The molecule has 1 aromatic heterocycles. The van der Waals surface area contributed by atoms with Gasteiger partial charge in [0.1, 0.15) is 0 Å². The monoisotopic (exact) mass is 355 g/mol. The zero-order chi connectivity index (χ0) is 18.6. The molecule has 26 heavy (non-hydrogen) atoms. The summed E-state index contributed by atoms with van der Waals surface area (Å²) in [5, 5.41) is 10.3. The van der Waals surface area contributed by atoms with E-state index < -0.39 is 6.03 Å². The standard InChI is InChI=1S/C19H25N5O2/c20-18(21)24(13-8-17-6-10-22-11-7-17)19(25)23-12-15-26-14-9-16-4-2-1-3-5-16/h1-7,10-11H,8-9,12-15H2,(H3,20,21)(H,23,25). The maximum absolute atomic E-state index is 12.2. The van der Waals surface area contributed by atoms with Crippen LogP contribution in [0.15, 0.2) is 54.9 Å². The number of ether oxygens (including phenoxy) is 1. The van der Waals surface area contributed by atoms with Crippen LogP contribution >= 0.6 is 0 Å². The Balaban J connectivity index is 1.64. The molecule has 0 spiro atoms. The number of urea groups is 1. The van der Waals surface area contributed by atoms with E-state index in [2.05, 4.69) is 22.4 Å². The molecule has 4 N–H and O–H groups in total. The highest BCUT2D eigenvalue weighted by Gasteiger charge is 2.15. The van der Waals surface area contributed by atoms with Crippen molar-refractivity contribution in [2.45, 2.75) is 12.8 Å². The van der Waals surface area contributed by atoms with E-state index in [1.807, 2.05) is 30.3 Å². The van der Waals surface area contributed by atoms with Gasteiger partial charge in [0.15, 0.2) is 5.96 Å². The van der Waals surface area contributed by atoms with Crippen molar-refractivity contribution in [2.24, 2.45) is 5.73 Å². The number of nitrogens with one attached hydrogen (secondary N) is 2. The number of amides is 2. The van der Waals surface area contributed by atoms with Crippen LogP contribution in [0.2, 0.25) is 0 Å². The molecule has 0 aliphatic carbocycles. The Bertz CT molecular complexity index is 679. The maximum Gasteiger partial charge on any atom is 0.324 e. The summed E-state index contributed by atoms with van der Waals surface area (Å²) < 4.78 is 5.53. The molecule has 1 aromatic carbocycles. The molecule has 0 unspecified atom stereocenters. The summed E-state index contributed by atoms with van der Waals surface area (Å²) in [6.07, 6.45) is 4.82. The Morgan fingerprint density at radius 3 is 2.46 bits per heavy atom. The van der Waals surface area contributed by atoms with Gasteiger partial charge in [-0.05, 0) is 36.1 Å². The van der Waals surface area contributed by atoms with E-state index in [0.717, 1.165) is 12.0 Å². The lowest BCUT2D eigenvalue weighted by molar-refractivity contribution is 0.138. The Hall–Kier alpha value is -2.93. The van der Waals surface area contributed by atoms with Gasteiger partial charge >= 0.3 is 6.03 Å². The van der Waals surface area contributed by atoms with E-state index in [4.69, 9.17) is 15.9 Å². The minimum Gasteiger partial charge on any atom is -0.379 e. The molecule has 0 atom stereocenters. The summed E-state index contributed by atoms with van der Waals surface area (Å²) in [5.41, 5.74) is 7.77. The summed E-state index contributed by atoms with van der Waals surface area (Å²) in [6.45, 7) is 1.71. The van der Waals surface area contributed by atoms with Crippen LogP contribution in [-0.4, -0.2) is 48.2 Å². The second kappa shape index (κ2) is 10.8. The highest BCUT2D eigenvalue weighted by Crippen LogP contribution is 2.01. The van der Waals surface area contributed by atoms with Crippen molar-refractivity contribution in [3.63, 3.8) is 0 Å². The molecule has 7 heteroatoms. The van der Waals surface area contributed by atoms with Gasteiger partial charge in [0.05, 0.1) is 13.2 Å². The first-order chi connectivity index (χ1) is 12.7. The normalized spacial score (nSPS) is 10.3. The van der Waals surface area contributed by atoms with Crippen molar-refractivity contribution >= 4 is 12.0 Å². The van der Waals surface area contributed by atoms with Gasteiger partial charge in [0.25, 0.3) is 0 Å². The van der Waals surface area contributed by atoms with Gasteiger partial charge in [0.2, 0.25) is 0 Å². The largest absolute Gasteiger partial charge is 0.379 e. The Labute approximate surface area is 153 Å². The highest BCUT2D eigenvalue weighted by atomic mass is 16.5. The molecule has 7 nitrogen and oxygen atoms in total. The molecule has 2 rings (SSSR count). The number of pyridine rings is 1. The van der Waals surface area contributed by atoms with Gasteiger partial charge in [-0.2, -0.15) is 0 Å². The first-order valence-corrected chi connectivity index (χ1v) is 8.57. The lowest BCUT2D eigenvalue weighted by Crippen LogP contribution is -2.48. The van der Waals surface area contributed by atoms with Crippen LogP contribution in [-0.2, 0) is 17.6 Å². The third kappa shape index (κ3) is 6.90. The minimum atomic E-state index is -0.391. The van der Waals surface area contributed by atoms with Gasteiger partial charge in [-0.3, -0.25) is 15.3 Å². The molecule has 1 heterocycles. The van der Waals surface area contributed by atoms with Crippen molar-refractivity contribution in [1.82, 2.24) is 15.2 Å². The van der Waals surface area contributed by atoms with Crippen LogP contribution < -0.4 is 11.1 Å². The molecule has 138 valence electrons. The molecule has 0 saturated heterocycles. The number of benzene rings is 1. The van der Waals surface area contributed by atoms with Gasteiger partial charge in [0, 0.05) is 25.5 Å². The van der Waals surface area contributed by atoms with Gasteiger partial charge in [-0.1, -0.05) is 30.3 Å². The number of rotatable bonds is 9. The Kier molecular flexibility index (Phi) is 8.08. The van der Waals surface area contributed by atoms with Crippen molar-refractivity contribution in [3.05, 3.63) is 66.0 Å². The molecule has 0 fully saturated rings. The van der Waals surface area contributed by atoms with E-state index in [1.165, 1.54) is 10.5 Å². The molecular formula is C19H25N5O2. The van der Waals surface area contributed by atoms with Crippen LogP contribution in [0.3, 0.4) is 0 Å². The first-order valence-electron chi connectivity index (χ1n) is 8.57. The van der Waals surface area contributed by atoms with Gasteiger partial charge in [-0.15, -0.1) is 0 Å². The fourth-order valence-electron chi connectivity index (χ4n) is 2.38. The Morgan fingerprint density at radius 2 is 1.77 bits per heavy atom. The topological polar surface area (TPSA) is 104 Å². The number of aromatic nitrogens is 1. The number of nitrogens with two attached hydrogens (primary N) is 1. The van der Waals surface area contributed by atoms with E-state index in [-0.39, 0.29) is 5.96 Å². The number of carbonyl (C=O) groups is 1. The van der Waals surface area contributed by atoms with Crippen LogP contribution in [0.1, 0.15) is 11.1 Å². The average Bonchev–Trinajstić information content (AvgIpc) is 2.66. The van der Waals surface area contributed by atoms with Crippen LogP contribution in [0.25, 0.3) is 0 Å². The lowest BCUT2D eigenvalue weighted by atomic mass is 10.2. The highest BCUT2D eigenvalue weighted by molar-refractivity contribution is 5.93. The quantitative estimate of drug-likeness (QED) is 0.362. The van der Waals surface area contributed by atoms with E-state index in [1.54, 1.807) is 12.4 Å². The van der Waals surface area contributed by atoms with E-state index >= 15 is 0 Å². The first kappa shape index (κ1) is 19.4. The number of guanidine groups is 1. The molecular weight excluding hydrogens is 330 g/mol.